The van der Waals surface area contributed by atoms with Gasteiger partial charge in [0.2, 0.25) is 11.8 Å². The molecule has 27 heavy (non-hydrogen) atoms. The summed E-state index contributed by atoms with van der Waals surface area (Å²) in [4.78, 5) is 23.4. The predicted octanol–water partition coefficient (Wildman–Crippen LogP) is 3.56. The quantitative estimate of drug-likeness (QED) is 0.317. The number of nitrogens with one attached hydrogen (secondary N) is 2. The Balaban J connectivity index is 3.67. The minimum Gasteiger partial charge on any atom is -0.356 e. The first-order valence-electron chi connectivity index (χ1n) is 9.73. The number of hydrogen-bond donors (Lipinski definition) is 2. The van der Waals surface area contributed by atoms with Crippen molar-refractivity contribution >= 4 is 19.6 Å². The monoisotopic (exact) mass is 408 g/mol. The van der Waals surface area contributed by atoms with Crippen LogP contribution >= 0.6 is 7.82 Å². The summed E-state index contributed by atoms with van der Waals surface area (Å²) >= 11 is 0. The summed E-state index contributed by atoms with van der Waals surface area (Å²) in [5.41, 5.74) is -0.281. The molecule has 0 heterocycles. The number of amides is 2. The van der Waals surface area contributed by atoms with Crippen LogP contribution in [0.1, 0.15) is 73.1 Å². The fourth-order valence-corrected chi connectivity index (χ4v) is 3.42. The maximum absolute atomic E-state index is 12.1. The average Bonchev–Trinajstić information content (AvgIpc) is 2.54. The van der Waals surface area contributed by atoms with Gasteiger partial charge in [0.1, 0.15) is 0 Å². The van der Waals surface area contributed by atoms with Crippen molar-refractivity contribution in [2.45, 2.75) is 78.7 Å². The Kier molecular flexibility index (Phi) is 13.6. The van der Waals surface area contributed by atoms with Crippen LogP contribution in [0.4, 0.5) is 0 Å². The predicted molar refractivity (Wildman–Crippen MR) is 105 cm³/mol. The van der Waals surface area contributed by atoms with E-state index in [0.717, 1.165) is 25.7 Å². The molecular formula is C18H37N2O6P. The Hall–Kier alpha value is -0.950. The summed E-state index contributed by atoms with van der Waals surface area (Å²) in [5, 5.41) is 5.64. The highest BCUT2D eigenvalue weighted by Gasteiger charge is 2.24. The lowest BCUT2D eigenvalue weighted by atomic mass is 10.1. The van der Waals surface area contributed by atoms with E-state index in [-0.39, 0.29) is 43.4 Å². The molecule has 0 spiro atoms. The van der Waals surface area contributed by atoms with Crippen LogP contribution in [0.25, 0.3) is 0 Å². The molecule has 0 aliphatic rings. The lowest BCUT2D eigenvalue weighted by Gasteiger charge is -2.20. The Bertz CT molecular complexity index is 469. The first kappa shape index (κ1) is 26.1. The molecule has 0 aromatic carbocycles. The minimum atomic E-state index is -3.41. The molecule has 0 aliphatic carbocycles. The molecule has 0 bridgehead atoms. The van der Waals surface area contributed by atoms with Gasteiger partial charge in [0, 0.05) is 24.9 Å². The van der Waals surface area contributed by atoms with Gasteiger partial charge >= 0.3 is 7.82 Å². The lowest BCUT2D eigenvalue weighted by molar-refractivity contribution is -0.127. The summed E-state index contributed by atoms with van der Waals surface area (Å²) in [6, 6.07) is 0. The third kappa shape index (κ3) is 15.8. The molecule has 2 amide bonds. The molecule has 0 saturated heterocycles. The van der Waals surface area contributed by atoms with Gasteiger partial charge in [-0.15, -0.1) is 0 Å². The molecule has 0 aromatic heterocycles. The number of unbranched alkanes of at least 4 members (excludes halogenated alkanes) is 3. The van der Waals surface area contributed by atoms with Gasteiger partial charge in [-0.25, -0.2) is 4.57 Å². The molecule has 0 aromatic rings. The summed E-state index contributed by atoms with van der Waals surface area (Å²) in [6.45, 7) is 10.6. The zero-order chi connectivity index (χ0) is 20.8. The van der Waals surface area contributed by atoms with Crippen LogP contribution in [0, 0.1) is 0 Å². The number of phosphoric ester groups is 1. The van der Waals surface area contributed by atoms with E-state index in [1.54, 1.807) is 13.8 Å². The molecule has 0 saturated carbocycles. The van der Waals surface area contributed by atoms with Crippen molar-refractivity contribution in [2.75, 3.05) is 26.4 Å². The van der Waals surface area contributed by atoms with E-state index in [2.05, 4.69) is 10.6 Å². The standard InChI is InChI=1S/C18H37N2O6P/c1-6-24-27(23,25-7-2)26-15-11-9-8-10-14-19-16(21)12-13-17(22)20-18(3,4)5/h6-15H2,1-5H3,(H,19,21)(H,20,22). The van der Waals surface area contributed by atoms with Gasteiger partial charge in [0.15, 0.2) is 0 Å². The molecule has 0 atom stereocenters. The highest BCUT2D eigenvalue weighted by Crippen LogP contribution is 2.49. The van der Waals surface area contributed by atoms with Crippen LogP contribution in [-0.4, -0.2) is 43.7 Å². The average molecular weight is 408 g/mol. The number of carbonyl (C=O) groups excluding carboxylic acids is 2. The Morgan fingerprint density at radius 3 is 1.96 bits per heavy atom. The second-order valence-electron chi connectivity index (χ2n) is 7.18. The lowest BCUT2D eigenvalue weighted by Crippen LogP contribution is -2.41. The zero-order valence-electron chi connectivity index (χ0n) is 17.5. The second kappa shape index (κ2) is 14.1. The molecule has 0 fully saturated rings. The summed E-state index contributed by atoms with van der Waals surface area (Å²) in [5.74, 6) is -0.231. The maximum atomic E-state index is 12.1. The van der Waals surface area contributed by atoms with Gasteiger partial charge < -0.3 is 10.6 Å². The topological polar surface area (TPSA) is 103 Å². The summed E-state index contributed by atoms with van der Waals surface area (Å²) in [7, 11) is -3.41. The number of hydrogen-bond acceptors (Lipinski definition) is 6. The zero-order valence-corrected chi connectivity index (χ0v) is 18.4. The first-order valence-corrected chi connectivity index (χ1v) is 11.2. The molecule has 8 nitrogen and oxygen atoms in total. The Morgan fingerprint density at radius 1 is 0.852 bits per heavy atom. The number of phosphoric acid groups is 1. The van der Waals surface area contributed by atoms with Crippen molar-refractivity contribution in [2.24, 2.45) is 0 Å². The largest absolute Gasteiger partial charge is 0.474 e. The fraction of sp³-hybridized carbons (Fsp3) is 0.889. The van der Waals surface area contributed by atoms with Gasteiger partial charge in [0.05, 0.1) is 19.8 Å². The van der Waals surface area contributed by atoms with Gasteiger partial charge in [0.25, 0.3) is 0 Å². The molecule has 0 radical (unpaired) electrons. The van der Waals surface area contributed by atoms with Gasteiger partial charge in [-0.2, -0.15) is 0 Å². The van der Waals surface area contributed by atoms with Crippen molar-refractivity contribution in [1.82, 2.24) is 10.6 Å². The van der Waals surface area contributed by atoms with Crippen molar-refractivity contribution in [3.8, 4) is 0 Å². The summed E-state index contributed by atoms with van der Waals surface area (Å²) in [6.07, 6.45) is 3.78. The molecule has 0 aliphatic heterocycles. The van der Waals surface area contributed by atoms with E-state index in [4.69, 9.17) is 13.6 Å². The first-order chi connectivity index (χ1) is 12.6. The third-order valence-electron chi connectivity index (χ3n) is 3.31. The van der Waals surface area contributed by atoms with Crippen molar-refractivity contribution in [3.63, 3.8) is 0 Å². The van der Waals surface area contributed by atoms with E-state index < -0.39 is 7.82 Å². The maximum Gasteiger partial charge on any atom is 0.474 e. The van der Waals surface area contributed by atoms with E-state index in [0.29, 0.717) is 13.2 Å². The molecule has 9 heteroatoms. The van der Waals surface area contributed by atoms with Crippen molar-refractivity contribution in [3.05, 3.63) is 0 Å². The van der Waals surface area contributed by atoms with Gasteiger partial charge in [-0.1, -0.05) is 12.8 Å². The van der Waals surface area contributed by atoms with Crippen LogP contribution in [0.3, 0.4) is 0 Å². The number of carbonyl (C=O) groups is 2. The van der Waals surface area contributed by atoms with Crippen LogP contribution in [0.15, 0.2) is 0 Å². The smallest absolute Gasteiger partial charge is 0.356 e. The van der Waals surface area contributed by atoms with Crippen LogP contribution < -0.4 is 10.6 Å². The van der Waals surface area contributed by atoms with Crippen LogP contribution in [0.2, 0.25) is 0 Å². The van der Waals surface area contributed by atoms with E-state index >= 15 is 0 Å². The highest BCUT2D eigenvalue weighted by molar-refractivity contribution is 7.48. The van der Waals surface area contributed by atoms with E-state index in [9.17, 15) is 14.2 Å². The highest BCUT2D eigenvalue weighted by atomic mass is 31.2. The van der Waals surface area contributed by atoms with Gasteiger partial charge in [-0.05, 0) is 47.5 Å². The van der Waals surface area contributed by atoms with Crippen LogP contribution in [-0.2, 0) is 27.7 Å². The van der Waals surface area contributed by atoms with Crippen molar-refractivity contribution in [1.29, 1.82) is 0 Å². The van der Waals surface area contributed by atoms with Gasteiger partial charge in [-0.3, -0.25) is 23.2 Å². The molecule has 160 valence electrons. The Labute approximate surface area is 163 Å². The van der Waals surface area contributed by atoms with E-state index in [1.807, 2.05) is 20.8 Å². The molecule has 0 unspecified atom stereocenters. The third-order valence-corrected chi connectivity index (χ3v) is 4.96. The second-order valence-corrected chi connectivity index (χ2v) is 8.85. The van der Waals surface area contributed by atoms with E-state index in [1.165, 1.54) is 0 Å². The summed E-state index contributed by atoms with van der Waals surface area (Å²) < 4.78 is 27.4. The SMILES string of the molecule is CCOP(=O)(OCC)OCCCCCCNC(=O)CCC(=O)NC(C)(C)C. The fourth-order valence-electron chi connectivity index (χ4n) is 2.21. The number of rotatable bonds is 15. The van der Waals surface area contributed by atoms with Crippen LogP contribution in [0.5, 0.6) is 0 Å². The normalized spacial score (nSPS) is 12.0. The Morgan fingerprint density at radius 2 is 1.41 bits per heavy atom. The van der Waals surface area contributed by atoms with Crippen molar-refractivity contribution < 1.29 is 27.7 Å². The molecule has 0 rings (SSSR count). The minimum absolute atomic E-state index is 0.114. The molecular weight excluding hydrogens is 371 g/mol. The molecule has 2 N–H and O–H groups in total.